The Labute approximate surface area is 456 Å². The number of hydrogen-bond acceptors (Lipinski definition) is 19. The van der Waals surface area contributed by atoms with Crippen molar-refractivity contribution in [3.8, 4) is 0 Å². The summed E-state index contributed by atoms with van der Waals surface area (Å²) >= 11 is 0. The van der Waals surface area contributed by atoms with Gasteiger partial charge in [-0.25, -0.2) is 33.4 Å². The number of amides is 2. The van der Waals surface area contributed by atoms with E-state index in [4.69, 9.17) is 14.2 Å². The lowest BCUT2D eigenvalue weighted by Gasteiger charge is -2.31. The smallest absolute Gasteiger partial charge is 0.469 e. The zero-order valence-electron chi connectivity index (χ0n) is 44.8. The van der Waals surface area contributed by atoms with Crippen LogP contribution in [0.15, 0.2) is 25.3 Å². The molecule has 464 valence electrons. The number of rotatable bonds is 46. The third kappa shape index (κ3) is 44.8. The molecule has 0 rings (SSSR count). The molecule has 0 aliphatic heterocycles. The quantitative estimate of drug-likeness (QED) is 0.0143. The third-order valence-electron chi connectivity index (χ3n) is 10.0. The fourth-order valence-corrected chi connectivity index (χ4v) is 5.78. The Morgan fingerprint density at radius 3 is 1.20 bits per heavy atom. The summed E-state index contributed by atoms with van der Waals surface area (Å²) in [4.78, 5) is 90.2. The standard InChI is InChI=1S/C27H38F10N2O11.C22H36O8/c1-3-19(40)46-18-47-20(41)13-9-8-12-16-44-21(42)38-14-10-6-5-7-11-15-39-22(43)45-17-24(30,31)48-25(32,33)26(34,35)50-27(36,37)49-23(28,29)4-2;1-3-19(23)29-18-30-22(26)16-12-9-13-17-28-21(25)15-11-8-6-4-5-7-10-14-20(24)27-2/h3H,1,4-18H2,2H3,(H,38,42)(H,39,43);3H,1,4-18H2,2H3. The number of unbranched alkanes of at least 4 members (excludes halogenated alkanes) is 14. The van der Waals surface area contributed by atoms with Crippen molar-refractivity contribution in [1.82, 2.24) is 10.6 Å². The maximum Gasteiger partial charge on any atom is 0.495 e. The molecule has 0 aromatic heterocycles. The van der Waals surface area contributed by atoms with Gasteiger partial charge in [-0.05, 0) is 64.2 Å². The molecule has 0 spiro atoms. The van der Waals surface area contributed by atoms with Crippen LogP contribution in [0.3, 0.4) is 0 Å². The van der Waals surface area contributed by atoms with Crippen LogP contribution in [0.25, 0.3) is 0 Å². The van der Waals surface area contributed by atoms with Crippen molar-refractivity contribution in [2.24, 2.45) is 0 Å². The lowest BCUT2D eigenvalue weighted by atomic mass is 10.1. The molecule has 0 saturated carbocycles. The minimum atomic E-state index is -6.62. The summed E-state index contributed by atoms with van der Waals surface area (Å²) in [6.07, 6.45) is -17.0. The minimum absolute atomic E-state index is 0.0847. The molecule has 0 radical (unpaired) electrons. The van der Waals surface area contributed by atoms with E-state index in [2.05, 4.69) is 56.4 Å². The average molecular weight is 1190 g/mol. The van der Waals surface area contributed by atoms with E-state index in [1.54, 1.807) is 0 Å². The van der Waals surface area contributed by atoms with Crippen LogP contribution in [0.5, 0.6) is 0 Å². The maximum absolute atomic E-state index is 13.6. The Kier molecular flexibility index (Phi) is 41.6. The second-order valence-corrected chi connectivity index (χ2v) is 16.8. The first-order valence-corrected chi connectivity index (χ1v) is 25.5. The van der Waals surface area contributed by atoms with Crippen molar-refractivity contribution >= 4 is 48.0 Å². The molecular formula is C49H74F10N2O19. The Bertz CT molecular complexity index is 1830. The molecular weight excluding hydrogens is 1110 g/mol. The third-order valence-corrected chi connectivity index (χ3v) is 10.0. The van der Waals surface area contributed by atoms with E-state index in [0.29, 0.717) is 84.2 Å². The number of ether oxygens (including phenoxy) is 11. The first-order valence-electron chi connectivity index (χ1n) is 25.5. The molecule has 2 N–H and O–H groups in total. The van der Waals surface area contributed by atoms with Crippen LogP contribution >= 0.6 is 0 Å². The first-order chi connectivity index (χ1) is 37.6. The minimum Gasteiger partial charge on any atom is -0.469 e. The Hall–Kier alpha value is -5.98. The lowest BCUT2D eigenvalue weighted by Crippen LogP contribution is -2.53. The first kappa shape index (κ1) is 76.1. The number of carbonyl (C=O) groups is 8. The van der Waals surface area contributed by atoms with Gasteiger partial charge in [-0.2, -0.15) is 35.1 Å². The van der Waals surface area contributed by atoms with E-state index in [1.165, 1.54) is 7.11 Å². The van der Waals surface area contributed by atoms with Gasteiger partial charge in [-0.15, -0.1) is 8.78 Å². The summed E-state index contributed by atoms with van der Waals surface area (Å²) in [6, 6.07) is 0. The molecule has 21 nitrogen and oxygen atoms in total. The van der Waals surface area contributed by atoms with Gasteiger partial charge < -0.3 is 48.5 Å². The summed E-state index contributed by atoms with van der Waals surface area (Å²) in [6.45, 7) is 4.27. The van der Waals surface area contributed by atoms with Gasteiger partial charge >= 0.3 is 78.7 Å². The average Bonchev–Trinajstić information content (AvgIpc) is 3.37. The van der Waals surface area contributed by atoms with E-state index in [9.17, 15) is 82.3 Å². The van der Waals surface area contributed by atoms with Crippen molar-refractivity contribution in [1.29, 1.82) is 0 Å². The zero-order chi connectivity index (χ0) is 60.9. The summed E-state index contributed by atoms with van der Waals surface area (Å²) in [5.41, 5.74) is 0. The van der Waals surface area contributed by atoms with Crippen molar-refractivity contribution < 1.29 is 134 Å². The molecule has 0 aliphatic carbocycles. The number of alkyl halides is 10. The van der Waals surface area contributed by atoms with E-state index >= 15 is 0 Å². The predicted octanol–water partition coefficient (Wildman–Crippen LogP) is 10.6. The largest absolute Gasteiger partial charge is 0.495 e. The van der Waals surface area contributed by atoms with Gasteiger partial charge in [0, 0.05) is 57.3 Å². The van der Waals surface area contributed by atoms with Crippen LogP contribution in [0.1, 0.15) is 155 Å². The van der Waals surface area contributed by atoms with Gasteiger partial charge in [0.15, 0.2) is 6.61 Å². The normalized spacial score (nSPS) is 11.7. The molecule has 80 heavy (non-hydrogen) atoms. The zero-order valence-corrected chi connectivity index (χ0v) is 44.8. The van der Waals surface area contributed by atoms with Crippen LogP contribution in [0.4, 0.5) is 53.5 Å². The highest BCUT2D eigenvalue weighted by atomic mass is 19.3. The second-order valence-electron chi connectivity index (χ2n) is 16.8. The van der Waals surface area contributed by atoms with Gasteiger partial charge in [0.1, 0.15) is 0 Å². The molecule has 0 aromatic carbocycles. The molecule has 2 amide bonds. The van der Waals surface area contributed by atoms with Gasteiger partial charge in [-0.1, -0.05) is 71.4 Å². The molecule has 0 unspecified atom stereocenters. The van der Waals surface area contributed by atoms with Crippen molar-refractivity contribution in [2.75, 3.05) is 53.6 Å². The highest BCUT2D eigenvalue weighted by Gasteiger charge is 2.69. The van der Waals surface area contributed by atoms with Crippen LogP contribution in [0, 0.1) is 0 Å². The van der Waals surface area contributed by atoms with E-state index in [1.807, 2.05) is 5.32 Å². The molecule has 0 saturated heterocycles. The van der Waals surface area contributed by atoms with Crippen LogP contribution in [0.2, 0.25) is 0 Å². The van der Waals surface area contributed by atoms with E-state index in [0.717, 1.165) is 63.5 Å². The highest BCUT2D eigenvalue weighted by Crippen LogP contribution is 2.44. The summed E-state index contributed by atoms with van der Waals surface area (Å²) < 4.78 is 177. The topological polar surface area (TPSA) is 262 Å². The van der Waals surface area contributed by atoms with Crippen LogP contribution < -0.4 is 10.6 Å². The van der Waals surface area contributed by atoms with E-state index < -0.39 is 93.4 Å². The SMILES string of the molecule is C=CC(=O)OCOC(=O)CCCCCOC(=O)CCCCCCCCCC(=O)OC.C=CC(=O)OCOC(=O)CCCCCOC(=O)NCCCCCCCNC(=O)OCC(F)(F)OC(F)(F)C(F)(F)OC(F)(F)OC(F)(F)CC. The number of carbonyl (C=O) groups excluding carboxylic acids is 8. The molecule has 0 heterocycles. The number of nitrogens with one attached hydrogen (secondary N) is 2. The van der Waals surface area contributed by atoms with Gasteiger partial charge in [0.05, 0.1) is 20.3 Å². The Morgan fingerprint density at radius 2 is 0.775 bits per heavy atom. The molecule has 0 fully saturated rings. The number of esters is 6. The van der Waals surface area contributed by atoms with Crippen molar-refractivity contribution in [2.45, 2.75) is 185 Å². The van der Waals surface area contributed by atoms with Gasteiger partial charge in [0.2, 0.25) is 13.6 Å². The summed E-state index contributed by atoms with van der Waals surface area (Å²) in [7, 11) is 1.40. The molecule has 0 bridgehead atoms. The number of alkyl carbamates (subject to hydrolysis) is 2. The summed E-state index contributed by atoms with van der Waals surface area (Å²) in [5, 5.41) is 4.49. The van der Waals surface area contributed by atoms with Gasteiger partial charge in [-0.3, -0.25) is 19.2 Å². The summed E-state index contributed by atoms with van der Waals surface area (Å²) in [5.74, 6) is -2.70. The fraction of sp³-hybridized carbons (Fsp3) is 0.755. The number of methoxy groups -OCH3 is 1. The van der Waals surface area contributed by atoms with Crippen molar-refractivity contribution in [3.05, 3.63) is 25.3 Å². The fourth-order valence-electron chi connectivity index (χ4n) is 5.78. The highest BCUT2D eigenvalue weighted by molar-refractivity contribution is 5.81. The number of hydrogen-bond donors (Lipinski definition) is 2. The second kappa shape index (κ2) is 43.8. The Balaban J connectivity index is 0. The van der Waals surface area contributed by atoms with Crippen LogP contribution in [-0.2, 0) is 80.9 Å². The van der Waals surface area contributed by atoms with Gasteiger partial charge in [0.25, 0.3) is 0 Å². The molecule has 0 aromatic rings. The monoisotopic (exact) mass is 1180 g/mol. The predicted molar refractivity (Wildman–Crippen MR) is 256 cm³/mol. The van der Waals surface area contributed by atoms with Crippen LogP contribution in [-0.4, -0.2) is 132 Å². The lowest BCUT2D eigenvalue weighted by molar-refractivity contribution is -0.565. The van der Waals surface area contributed by atoms with Crippen molar-refractivity contribution in [3.63, 3.8) is 0 Å². The molecule has 0 atom stereocenters. The number of halogens is 10. The Morgan fingerprint density at radius 1 is 0.412 bits per heavy atom. The maximum atomic E-state index is 13.6. The molecule has 0 aliphatic rings. The van der Waals surface area contributed by atoms with E-state index in [-0.39, 0.29) is 50.9 Å². The molecule has 31 heteroatoms.